The fourth-order valence-electron chi connectivity index (χ4n) is 1.66. The Morgan fingerprint density at radius 3 is 3.27 bits per heavy atom. The van der Waals surface area contributed by atoms with Gasteiger partial charge in [0, 0.05) is 26.1 Å². The molecule has 0 aliphatic carbocycles. The monoisotopic (exact) mass is 153 g/mol. The standard InChI is InChI=1S/C8H15N3/c1-2-6-10-11-7-3-5-9-8(11)4-1/h10H,1-7H2. The van der Waals surface area contributed by atoms with Crippen molar-refractivity contribution < 1.29 is 0 Å². The van der Waals surface area contributed by atoms with E-state index < -0.39 is 0 Å². The van der Waals surface area contributed by atoms with Gasteiger partial charge in [0.1, 0.15) is 5.84 Å². The van der Waals surface area contributed by atoms with Crippen LogP contribution >= 0.6 is 0 Å². The second-order valence-corrected chi connectivity index (χ2v) is 3.17. The van der Waals surface area contributed by atoms with Gasteiger partial charge in [-0.15, -0.1) is 0 Å². The lowest BCUT2D eigenvalue weighted by Crippen LogP contribution is -2.44. The molecule has 0 aromatic carbocycles. The zero-order valence-electron chi connectivity index (χ0n) is 6.84. The summed E-state index contributed by atoms with van der Waals surface area (Å²) in [5.74, 6) is 1.29. The van der Waals surface area contributed by atoms with E-state index in [0.717, 1.165) is 19.6 Å². The predicted octanol–water partition coefficient (Wildman–Crippen LogP) is 0.779. The lowest BCUT2D eigenvalue weighted by Gasteiger charge is -2.27. The van der Waals surface area contributed by atoms with Gasteiger partial charge in [-0.3, -0.25) is 10.0 Å². The number of hydrazine groups is 1. The van der Waals surface area contributed by atoms with Gasteiger partial charge in [0.2, 0.25) is 0 Å². The van der Waals surface area contributed by atoms with Gasteiger partial charge in [-0.25, -0.2) is 5.43 Å². The van der Waals surface area contributed by atoms with E-state index in [9.17, 15) is 0 Å². The maximum atomic E-state index is 4.49. The number of amidine groups is 1. The van der Waals surface area contributed by atoms with Crippen molar-refractivity contribution in [3.63, 3.8) is 0 Å². The van der Waals surface area contributed by atoms with E-state index in [1.54, 1.807) is 0 Å². The van der Waals surface area contributed by atoms with Gasteiger partial charge < -0.3 is 0 Å². The summed E-state index contributed by atoms with van der Waals surface area (Å²) in [5.41, 5.74) is 3.39. The second kappa shape index (κ2) is 3.22. The average molecular weight is 153 g/mol. The molecule has 62 valence electrons. The second-order valence-electron chi connectivity index (χ2n) is 3.17. The van der Waals surface area contributed by atoms with Gasteiger partial charge in [0.25, 0.3) is 0 Å². The van der Waals surface area contributed by atoms with Crippen LogP contribution in [0.25, 0.3) is 0 Å². The first kappa shape index (κ1) is 7.10. The highest BCUT2D eigenvalue weighted by Gasteiger charge is 2.16. The molecule has 0 radical (unpaired) electrons. The van der Waals surface area contributed by atoms with Crippen LogP contribution in [0.1, 0.15) is 25.7 Å². The molecular formula is C8H15N3. The molecule has 2 rings (SSSR count). The van der Waals surface area contributed by atoms with E-state index in [-0.39, 0.29) is 0 Å². The maximum Gasteiger partial charge on any atom is 0.113 e. The molecule has 0 unspecified atom stereocenters. The molecule has 0 atom stereocenters. The van der Waals surface area contributed by atoms with E-state index in [2.05, 4.69) is 15.4 Å². The van der Waals surface area contributed by atoms with Gasteiger partial charge in [0.05, 0.1) is 0 Å². The number of rotatable bonds is 0. The molecule has 11 heavy (non-hydrogen) atoms. The molecule has 1 N–H and O–H groups in total. The van der Waals surface area contributed by atoms with Crippen molar-refractivity contribution in [1.29, 1.82) is 0 Å². The van der Waals surface area contributed by atoms with Crippen LogP contribution in [0.3, 0.4) is 0 Å². The number of nitrogens with one attached hydrogen (secondary N) is 1. The summed E-state index contributed by atoms with van der Waals surface area (Å²) in [6, 6.07) is 0. The molecule has 0 bridgehead atoms. The molecule has 0 aromatic rings. The topological polar surface area (TPSA) is 27.6 Å². The van der Waals surface area contributed by atoms with E-state index >= 15 is 0 Å². The van der Waals surface area contributed by atoms with Crippen molar-refractivity contribution in [1.82, 2.24) is 10.4 Å². The van der Waals surface area contributed by atoms with Crippen molar-refractivity contribution in [3.8, 4) is 0 Å². The Balaban J connectivity index is 2.07. The molecule has 0 saturated carbocycles. The molecule has 0 aromatic heterocycles. The smallest absolute Gasteiger partial charge is 0.113 e. The summed E-state index contributed by atoms with van der Waals surface area (Å²) in [5, 5.41) is 2.23. The Kier molecular flexibility index (Phi) is 2.08. The molecule has 1 saturated heterocycles. The predicted molar refractivity (Wildman–Crippen MR) is 45.5 cm³/mol. The number of nitrogens with zero attached hydrogens (tertiary/aromatic N) is 2. The summed E-state index contributed by atoms with van der Waals surface area (Å²) in [6.45, 7) is 3.31. The highest BCUT2D eigenvalue weighted by molar-refractivity contribution is 5.82. The number of aliphatic imine (C=N–C) groups is 1. The molecule has 2 heterocycles. The minimum absolute atomic E-state index is 1.04. The normalized spacial score (nSPS) is 25.5. The van der Waals surface area contributed by atoms with Gasteiger partial charge in [-0.2, -0.15) is 0 Å². The largest absolute Gasteiger partial charge is 0.296 e. The maximum absolute atomic E-state index is 4.49. The Hall–Kier alpha value is -0.570. The third kappa shape index (κ3) is 1.53. The molecule has 3 nitrogen and oxygen atoms in total. The third-order valence-electron chi connectivity index (χ3n) is 2.28. The Morgan fingerprint density at radius 1 is 1.27 bits per heavy atom. The minimum atomic E-state index is 1.04. The number of hydrogen-bond acceptors (Lipinski definition) is 3. The first-order chi connectivity index (χ1) is 5.47. The van der Waals surface area contributed by atoms with Crippen molar-refractivity contribution in [2.24, 2.45) is 4.99 Å². The van der Waals surface area contributed by atoms with Crippen LogP contribution < -0.4 is 5.43 Å². The van der Waals surface area contributed by atoms with E-state index in [1.807, 2.05) is 0 Å². The average Bonchev–Trinajstić information content (AvgIpc) is 2.28. The SMILES string of the molecule is C1CCC2=NCCCN2NC1. The van der Waals surface area contributed by atoms with Crippen LogP contribution in [0.5, 0.6) is 0 Å². The third-order valence-corrected chi connectivity index (χ3v) is 2.28. The minimum Gasteiger partial charge on any atom is -0.296 e. The number of hydrogen-bond donors (Lipinski definition) is 1. The zero-order valence-corrected chi connectivity index (χ0v) is 6.84. The highest BCUT2D eigenvalue weighted by atomic mass is 15.5. The van der Waals surface area contributed by atoms with Gasteiger partial charge in [-0.1, -0.05) is 0 Å². The van der Waals surface area contributed by atoms with E-state index in [0.29, 0.717) is 0 Å². The number of fused-ring (bicyclic) bond motifs is 1. The van der Waals surface area contributed by atoms with Crippen molar-refractivity contribution in [2.75, 3.05) is 19.6 Å². The molecular weight excluding hydrogens is 138 g/mol. The molecule has 0 amide bonds. The molecule has 0 spiro atoms. The summed E-state index contributed by atoms with van der Waals surface area (Å²) >= 11 is 0. The Labute approximate surface area is 67.5 Å². The van der Waals surface area contributed by atoms with Gasteiger partial charge in [0.15, 0.2) is 0 Å². The zero-order chi connectivity index (χ0) is 7.52. The van der Waals surface area contributed by atoms with Crippen LogP contribution in [0.2, 0.25) is 0 Å². The molecule has 3 heteroatoms. The van der Waals surface area contributed by atoms with Crippen molar-refractivity contribution in [2.45, 2.75) is 25.7 Å². The summed E-state index contributed by atoms with van der Waals surface area (Å²) < 4.78 is 0. The first-order valence-corrected chi connectivity index (χ1v) is 4.51. The molecule has 2 aliphatic rings. The van der Waals surface area contributed by atoms with Crippen molar-refractivity contribution >= 4 is 5.84 Å². The molecule has 2 aliphatic heterocycles. The van der Waals surface area contributed by atoms with Crippen LogP contribution in [-0.4, -0.2) is 30.5 Å². The first-order valence-electron chi connectivity index (χ1n) is 4.51. The van der Waals surface area contributed by atoms with Gasteiger partial charge >= 0.3 is 0 Å². The highest BCUT2D eigenvalue weighted by Crippen LogP contribution is 2.09. The van der Waals surface area contributed by atoms with E-state index in [1.165, 1.54) is 31.5 Å². The van der Waals surface area contributed by atoms with Crippen LogP contribution in [-0.2, 0) is 0 Å². The lowest BCUT2D eigenvalue weighted by molar-refractivity contribution is 0.297. The molecule has 1 fully saturated rings. The summed E-state index contributed by atoms with van der Waals surface area (Å²) in [4.78, 5) is 4.49. The Morgan fingerprint density at radius 2 is 2.27 bits per heavy atom. The van der Waals surface area contributed by atoms with Gasteiger partial charge in [-0.05, 0) is 19.3 Å². The fourth-order valence-corrected chi connectivity index (χ4v) is 1.66. The Bertz CT molecular complexity index is 165. The van der Waals surface area contributed by atoms with E-state index in [4.69, 9.17) is 0 Å². The summed E-state index contributed by atoms with van der Waals surface area (Å²) in [6.07, 6.45) is 4.96. The fraction of sp³-hybridized carbons (Fsp3) is 0.875. The summed E-state index contributed by atoms with van der Waals surface area (Å²) in [7, 11) is 0. The quantitative estimate of drug-likeness (QED) is 0.557. The lowest BCUT2D eigenvalue weighted by atomic mass is 10.2. The van der Waals surface area contributed by atoms with Crippen molar-refractivity contribution in [3.05, 3.63) is 0 Å². The van der Waals surface area contributed by atoms with Crippen LogP contribution in [0.15, 0.2) is 4.99 Å². The van der Waals surface area contributed by atoms with Crippen LogP contribution in [0.4, 0.5) is 0 Å². The van der Waals surface area contributed by atoms with Crippen LogP contribution in [0, 0.1) is 0 Å².